The van der Waals surface area contributed by atoms with Crippen molar-refractivity contribution in [1.82, 2.24) is 82.5 Å². The zero-order valence-electron chi connectivity index (χ0n) is 67.4. The quantitative estimate of drug-likeness (QED) is 0.0147. The summed E-state index contributed by atoms with van der Waals surface area (Å²) in [6.45, 7) is 10.9. The van der Waals surface area contributed by atoms with Crippen molar-refractivity contribution >= 4 is 100 Å². The number of nitrogens with zero attached hydrogens (tertiary/aromatic N) is 8. The summed E-state index contributed by atoms with van der Waals surface area (Å²) in [7, 11) is 0. The summed E-state index contributed by atoms with van der Waals surface area (Å²) in [6.07, 6.45) is 8.94. The predicted octanol–water partition coefficient (Wildman–Crippen LogP) is 0.602. The molecule has 0 spiro atoms. The van der Waals surface area contributed by atoms with Crippen LogP contribution in [0.25, 0.3) is 10.9 Å². The Kier molecular flexibility index (Phi) is 38.9. The van der Waals surface area contributed by atoms with Gasteiger partial charge in [-0.1, -0.05) is 82.3 Å². The summed E-state index contributed by atoms with van der Waals surface area (Å²) in [4.78, 5) is 177. The van der Waals surface area contributed by atoms with Crippen LogP contribution < -0.4 is 64.4 Å². The van der Waals surface area contributed by atoms with E-state index in [-0.39, 0.29) is 126 Å². The van der Waals surface area contributed by atoms with Crippen LogP contribution in [0, 0.1) is 34.5 Å². The number of aromatic amines is 2. The second-order valence-electron chi connectivity index (χ2n) is 28.5. The third kappa shape index (κ3) is 30.8. The number of aliphatic imine (C=N–C) groups is 1. The van der Waals surface area contributed by atoms with E-state index in [2.05, 4.69) is 90.0 Å². The summed E-state index contributed by atoms with van der Waals surface area (Å²) >= 11 is 0. The van der Waals surface area contributed by atoms with Gasteiger partial charge in [-0.25, -0.2) is 14.6 Å². The molecule has 0 radical (unpaired) electrons. The lowest BCUT2D eigenvalue weighted by Crippen LogP contribution is -2.61. The van der Waals surface area contributed by atoms with Crippen molar-refractivity contribution in [1.29, 1.82) is 10.5 Å². The largest absolute Gasteiger partial charge is 1.00 e. The number of carboxylic acids is 2. The van der Waals surface area contributed by atoms with E-state index in [1.807, 2.05) is 44.2 Å². The number of carbonyl (C=O) groups is 12. The molecule has 118 heavy (non-hydrogen) atoms. The number of aromatic hydroxyl groups is 1. The van der Waals surface area contributed by atoms with Crippen molar-refractivity contribution < 1.29 is 79.4 Å². The van der Waals surface area contributed by atoms with Gasteiger partial charge in [0.05, 0.1) is 36.2 Å². The van der Waals surface area contributed by atoms with E-state index in [1.54, 1.807) is 80.4 Å². The van der Waals surface area contributed by atoms with E-state index in [0.717, 1.165) is 30.5 Å². The van der Waals surface area contributed by atoms with E-state index < -0.39 is 120 Å². The second kappa shape index (κ2) is 48.2. The van der Waals surface area contributed by atoms with Crippen LogP contribution in [-0.2, 0) is 76.8 Å². The molecule has 3 aromatic heterocycles. The highest BCUT2D eigenvalue weighted by Crippen LogP contribution is 2.28. The number of para-hydroxylation sites is 1. The molecule has 37 nitrogen and oxygen atoms in total. The molecule has 0 saturated carbocycles. The third-order valence-electron chi connectivity index (χ3n) is 18.3. The van der Waals surface area contributed by atoms with Crippen LogP contribution in [0.2, 0.25) is 0 Å². The second-order valence-corrected chi connectivity index (χ2v) is 28.5. The van der Waals surface area contributed by atoms with Crippen LogP contribution in [0.4, 0.5) is 0 Å². The number of carboxylic acid groups (broad SMARTS) is 2. The van der Waals surface area contributed by atoms with Crippen LogP contribution in [0.1, 0.15) is 146 Å². The first-order valence-electron chi connectivity index (χ1n) is 38.0. The zero-order chi connectivity index (χ0) is 85.8. The Hall–Kier alpha value is -13.3. The fraction of sp³-hybridized carbons (Fsp3) is 0.425. The SMILES string of the molecule is CC(=O)O.CC(=O)[O-].CCNC(=O)[C@@H]1CCCN1C(=O)[C@H](CCCN=C(N)N)NC(=O)[C@H](CC(C)C)NC(=O)[C@@H](CC(C)C)NC(=O)[C@H](Cc1ccc(O)cc1)NC(=O)[C@H](CO)NC(=O)[C@H](Cc1c[nH]c2ccccc12)NC(=O)[C@H](Cc1cnc[nH]1)NC(=O)[C@@H]1CCC(=O)N1.Cl.N#Cc1ccc(C(c2ccc(C#N)cc2)n2cncn2)cc1.[H+]. The van der Waals surface area contributed by atoms with Gasteiger partial charge < -0.3 is 99.4 Å². The van der Waals surface area contributed by atoms with Crippen molar-refractivity contribution in [3.63, 3.8) is 0 Å². The zero-order valence-corrected chi connectivity index (χ0v) is 67.3. The molecule has 18 N–H and O–H groups in total. The highest BCUT2D eigenvalue weighted by atomic mass is 35.5. The van der Waals surface area contributed by atoms with E-state index in [9.17, 15) is 58.2 Å². The van der Waals surface area contributed by atoms with Crippen LogP contribution in [0.3, 0.4) is 0 Å². The normalized spacial score (nSPS) is 15.0. The number of hydrogen-bond acceptors (Lipinski definition) is 21. The number of amides is 10. The lowest BCUT2D eigenvalue weighted by Gasteiger charge is -2.31. The number of phenolic OH excluding ortho intramolecular Hbond substituents is 1. The number of aliphatic hydroxyl groups excluding tert-OH is 1. The molecule has 10 amide bonds. The number of likely N-dealkylation sites (tertiary alicyclic amines) is 1. The Morgan fingerprint density at radius 2 is 1.19 bits per heavy atom. The van der Waals surface area contributed by atoms with Crippen LogP contribution in [0.15, 0.2) is 133 Å². The number of likely N-dealkylation sites (N-methyl/N-ethyl adjacent to an activating group) is 1. The molecule has 5 heterocycles. The predicted molar refractivity (Wildman–Crippen MR) is 432 cm³/mol. The molecule has 2 saturated heterocycles. The number of phenols is 1. The average Bonchev–Trinajstić information content (AvgIpc) is 1.76. The summed E-state index contributed by atoms with van der Waals surface area (Å²) in [5, 5.41) is 84.2. The molecule has 0 aliphatic carbocycles. The number of aliphatic carboxylic acids is 2. The maximum atomic E-state index is 14.7. The number of aromatic nitrogens is 6. The van der Waals surface area contributed by atoms with Crippen LogP contribution >= 0.6 is 12.4 Å². The van der Waals surface area contributed by atoms with E-state index in [4.69, 9.17) is 41.8 Å². The first-order chi connectivity index (χ1) is 55.8. The van der Waals surface area contributed by atoms with Gasteiger partial charge in [0.2, 0.25) is 59.1 Å². The molecule has 7 aromatic rings. The minimum atomic E-state index is -1.75. The molecule has 4 aromatic carbocycles. The van der Waals surface area contributed by atoms with Gasteiger partial charge >= 0.3 is 1.43 Å². The van der Waals surface area contributed by atoms with Crippen LogP contribution in [0.5, 0.6) is 5.75 Å². The number of nitrogens with two attached hydrogens (primary N) is 2. The number of nitrogens with one attached hydrogen (secondary N) is 11. The molecule has 2 aliphatic heterocycles. The van der Waals surface area contributed by atoms with Gasteiger partial charge in [0.15, 0.2) is 5.96 Å². The topological polar surface area (TPSA) is 587 Å². The Labute approximate surface area is 689 Å². The standard InChI is InChI=1S/C59H84N16O12.C17H11N5.2C2H4O2.ClH/c1-6-63-57(86)48-14-10-22-75(48)58(87)41(13-9-21-64-59(60)61)68-51(80)42(23-32(2)3)69-52(81)43(24-33(4)5)70-53(82)44(25-34-15-17-37(77)18-16-34)71-56(85)47(30-76)74-54(83)45(26-35-28-65-39-12-8-7-11-38(35)39)72-55(84)46(27-36-29-62-31-66-36)73-50(79)40-19-20-49(78)67-40;18-9-13-1-5-15(6-2-13)17(22-12-20-11-21-22)16-7-3-14(10-19)4-8-16;2*1-2(3)4;/h7-8,11-12,15-18,28-29,31-33,40-48,65,76-77H,6,9-10,13-14,19-27,30H2,1-5H3,(H,62,66)(H,63,86)(H,67,78)(H,68,80)(H,69,81)(H,70,82)(H,71,85)(H,72,84)(H,73,79)(H,74,83)(H4,60,61,64);1-8,11-12,17H;2*1H3,(H,3,4);1H/t40-,41-,42-,43+,44-,45-,46-,47-,48-;;;;/m0..../s1. The van der Waals surface area contributed by atoms with Gasteiger partial charge in [0, 0.05) is 87.2 Å². The molecule has 9 rings (SSSR count). The summed E-state index contributed by atoms with van der Waals surface area (Å²) < 4.78 is 1.75. The molecular weight excluding hydrogens is 1550 g/mol. The average molecular weight is 1650 g/mol. The Balaban J connectivity index is 0.000000775. The Morgan fingerprint density at radius 3 is 1.69 bits per heavy atom. The Morgan fingerprint density at radius 1 is 0.678 bits per heavy atom. The van der Waals surface area contributed by atoms with E-state index in [0.29, 0.717) is 52.7 Å². The fourth-order valence-corrected chi connectivity index (χ4v) is 12.8. The number of hydrogen-bond donors (Lipinski definition) is 16. The lowest BCUT2D eigenvalue weighted by atomic mass is 9.97. The van der Waals surface area contributed by atoms with Crippen molar-refractivity contribution in [3.8, 4) is 17.9 Å². The Bertz CT molecular complexity index is 4530. The highest BCUT2D eigenvalue weighted by Gasteiger charge is 2.40. The number of fused-ring (bicyclic) bond motifs is 1. The van der Waals surface area contributed by atoms with Crippen molar-refractivity contribution in [2.75, 3.05) is 26.2 Å². The molecule has 9 atom stereocenters. The summed E-state index contributed by atoms with van der Waals surface area (Å²) in [5.41, 5.74) is 16.5. The van der Waals surface area contributed by atoms with Crippen LogP contribution in [-0.4, -0.2) is 208 Å². The van der Waals surface area contributed by atoms with Gasteiger partial charge in [-0.3, -0.25) is 57.7 Å². The first-order valence-corrected chi connectivity index (χ1v) is 38.0. The minimum Gasteiger partial charge on any atom is -0.550 e. The molecule has 0 unspecified atom stereocenters. The number of rotatable bonds is 35. The number of guanidine groups is 1. The van der Waals surface area contributed by atoms with Crippen molar-refractivity contribution in [3.05, 3.63) is 168 Å². The van der Waals surface area contributed by atoms with Crippen molar-refractivity contribution in [2.24, 2.45) is 28.3 Å². The lowest BCUT2D eigenvalue weighted by molar-refractivity contribution is -0.302. The minimum absolute atomic E-state index is 0. The molecule has 0 bridgehead atoms. The third-order valence-corrected chi connectivity index (χ3v) is 18.3. The first kappa shape index (κ1) is 95.3. The fourth-order valence-electron chi connectivity index (χ4n) is 12.8. The highest BCUT2D eigenvalue weighted by molar-refractivity contribution is 6.00. The molecular formula is C80H104ClN21O16. The number of H-pyrrole nitrogens is 2. The summed E-state index contributed by atoms with van der Waals surface area (Å²) in [6, 6.07) is 20.4. The number of benzene rings is 4. The molecule has 632 valence electrons. The van der Waals surface area contributed by atoms with Gasteiger partial charge in [-0.2, -0.15) is 15.6 Å². The van der Waals surface area contributed by atoms with E-state index in [1.165, 1.54) is 48.0 Å². The monoisotopic (exact) mass is 1650 g/mol. The van der Waals surface area contributed by atoms with Gasteiger partial charge in [-0.15, -0.1) is 12.4 Å². The maximum Gasteiger partial charge on any atom is 1.00 e. The number of nitriles is 2. The molecule has 2 aliphatic rings. The molecule has 38 heteroatoms. The number of halogens is 1. The number of carbonyl (C=O) groups excluding carboxylic acids is 11. The van der Waals surface area contributed by atoms with Gasteiger partial charge in [0.1, 0.15) is 78.8 Å². The number of imidazole rings is 1. The van der Waals surface area contributed by atoms with E-state index >= 15 is 0 Å². The maximum absolute atomic E-state index is 14.7. The molecule has 2 fully saturated rings. The number of aliphatic hydroxyl groups is 1. The van der Waals surface area contributed by atoms with Gasteiger partial charge in [-0.05, 0) is 135 Å². The summed E-state index contributed by atoms with van der Waals surface area (Å²) in [5.74, 6) is -9.47. The van der Waals surface area contributed by atoms with Gasteiger partial charge in [0.25, 0.3) is 5.97 Å². The van der Waals surface area contributed by atoms with Crippen molar-refractivity contribution in [2.45, 2.75) is 180 Å². The smallest absolute Gasteiger partial charge is 0.550 e.